The first-order chi connectivity index (χ1) is 14.1. The molecular weight excluding hydrogens is 375 g/mol. The monoisotopic (exact) mass is 398 g/mol. The number of benzene rings is 1. The van der Waals surface area contributed by atoms with E-state index in [9.17, 15) is 14.0 Å². The van der Waals surface area contributed by atoms with Gasteiger partial charge in [-0.1, -0.05) is 0 Å². The second kappa shape index (κ2) is 8.42. The maximum absolute atomic E-state index is 13.1. The molecule has 2 aromatic rings. The lowest BCUT2D eigenvalue weighted by Gasteiger charge is -2.36. The minimum Gasteiger partial charge on any atom is -0.368 e. The van der Waals surface area contributed by atoms with Crippen LogP contribution >= 0.6 is 0 Å². The van der Waals surface area contributed by atoms with Gasteiger partial charge in [-0.25, -0.2) is 14.4 Å². The van der Waals surface area contributed by atoms with E-state index >= 15 is 0 Å². The van der Waals surface area contributed by atoms with Gasteiger partial charge in [0.05, 0.1) is 12.4 Å². The fourth-order valence-electron chi connectivity index (χ4n) is 3.63. The lowest BCUT2D eigenvalue weighted by Crippen LogP contribution is -2.49. The van der Waals surface area contributed by atoms with Crippen molar-refractivity contribution in [2.24, 2.45) is 0 Å². The molecule has 0 atom stereocenters. The number of hydrogen-bond acceptors (Lipinski definition) is 6. The van der Waals surface area contributed by atoms with Gasteiger partial charge in [-0.05, 0) is 24.3 Å². The van der Waals surface area contributed by atoms with Gasteiger partial charge < -0.3 is 19.6 Å². The summed E-state index contributed by atoms with van der Waals surface area (Å²) in [4.78, 5) is 40.0. The average Bonchev–Trinajstić information content (AvgIpc) is 2.79. The fraction of sp³-hybridized carbons (Fsp3) is 0.400. The molecule has 0 aliphatic carbocycles. The Hall–Kier alpha value is -3.23. The summed E-state index contributed by atoms with van der Waals surface area (Å²) < 4.78 is 13.1. The number of aromatic nitrogens is 2. The molecule has 2 aliphatic heterocycles. The lowest BCUT2D eigenvalue weighted by atomic mass is 10.2. The molecule has 1 aromatic heterocycles. The van der Waals surface area contributed by atoms with Gasteiger partial charge in [-0.2, -0.15) is 0 Å². The summed E-state index contributed by atoms with van der Waals surface area (Å²) in [6, 6.07) is 6.41. The van der Waals surface area contributed by atoms with E-state index in [1.165, 1.54) is 18.3 Å². The summed E-state index contributed by atoms with van der Waals surface area (Å²) in [6.45, 7) is 5.24. The van der Waals surface area contributed by atoms with Crippen molar-refractivity contribution in [1.29, 1.82) is 0 Å². The summed E-state index contributed by atoms with van der Waals surface area (Å²) in [5.41, 5.74) is 1.29. The maximum atomic E-state index is 13.1. The maximum Gasteiger partial charge on any atom is 0.274 e. The van der Waals surface area contributed by atoms with Crippen molar-refractivity contribution in [2.45, 2.75) is 0 Å². The molecule has 0 saturated carbocycles. The number of anilines is 2. The van der Waals surface area contributed by atoms with Crippen molar-refractivity contribution in [3.05, 3.63) is 48.2 Å². The Balaban J connectivity index is 1.33. The van der Waals surface area contributed by atoms with Crippen molar-refractivity contribution < 1.29 is 14.0 Å². The molecule has 2 saturated heterocycles. The molecule has 2 amide bonds. The Morgan fingerprint density at radius 3 is 2.10 bits per heavy atom. The van der Waals surface area contributed by atoms with Gasteiger partial charge in [-0.3, -0.25) is 9.59 Å². The minimum absolute atomic E-state index is 0.131. The highest BCUT2D eigenvalue weighted by atomic mass is 19.1. The van der Waals surface area contributed by atoms with Crippen LogP contribution < -0.4 is 9.80 Å². The van der Waals surface area contributed by atoms with Crippen molar-refractivity contribution >= 4 is 23.8 Å². The smallest absolute Gasteiger partial charge is 0.274 e. The van der Waals surface area contributed by atoms with Crippen LogP contribution in [0.25, 0.3) is 0 Å². The molecular formula is C20H23FN6O2. The van der Waals surface area contributed by atoms with Crippen LogP contribution in [0, 0.1) is 5.82 Å². The standard InChI is InChI=1S/C20H23FN6O2/c21-16-1-3-17(4-2-16)25-9-11-27(12-10-25)20(29)18-13-23-19(14-22-18)26-7-5-24(15-28)6-8-26/h1-4,13-15H,5-12H2. The molecule has 29 heavy (non-hydrogen) atoms. The third-order valence-electron chi connectivity index (χ3n) is 5.40. The predicted octanol–water partition coefficient (Wildman–Crippen LogP) is 0.856. The van der Waals surface area contributed by atoms with Crippen LogP contribution in [0.15, 0.2) is 36.7 Å². The van der Waals surface area contributed by atoms with Gasteiger partial charge in [0.25, 0.3) is 5.91 Å². The quantitative estimate of drug-likeness (QED) is 0.712. The summed E-state index contributed by atoms with van der Waals surface area (Å²) in [6.07, 6.45) is 4.01. The number of rotatable bonds is 4. The lowest BCUT2D eigenvalue weighted by molar-refractivity contribution is -0.118. The molecule has 8 nitrogen and oxygen atoms in total. The topological polar surface area (TPSA) is 72.9 Å². The number of nitrogens with zero attached hydrogens (tertiary/aromatic N) is 6. The summed E-state index contributed by atoms with van der Waals surface area (Å²) in [7, 11) is 0. The highest BCUT2D eigenvalue weighted by molar-refractivity contribution is 5.92. The second-order valence-electron chi connectivity index (χ2n) is 7.14. The SMILES string of the molecule is O=CN1CCN(c2cnc(C(=O)N3CCN(c4ccc(F)cc4)CC3)cn2)CC1. The van der Waals surface area contributed by atoms with Gasteiger partial charge in [0.15, 0.2) is 0 Å². The number of hydrogen-bond donors (Lipinski definition) is 0. The van der Waals surface area contributed by atoms with E-state index in [0.29, 0.717) is 63.9 Å². The number of halogens is 1. The molecule has 4 rings (SSSR count). The van der Waals surface area contributed by atoms with Gasteiger partial charge >= 0.3 is 0 Å². The zero-order valence-electron chi connectivity index (χ0n) is 16.1. The van der Waals surface area contributed by atoms with Crippen molar-refractivity contribution in [2.75, 3.05) is 62.2 Å². The van der Waals surface area contributed by atoms with Crippen LogP contribution in [0.2, 0.25) is 0 Å². The highest BCUT2D eigenvalue weighted by Crippen LogP contribution is 2.18. The number of amides is 2. The van der Waals surface area contributed by atoms with Crippen LogP contribution in [-0.2, 0) is 4.79 Å². The Labute approximate surface area is 168 Å². The van der Waals surface area contributed by atoms with E-state index in [1.807, 2.05) is 0 Å². The van der Waals surface area contributed by atoms with Gasteiger partial charge in [-0.15, -0.1) is 0 Å². The van der Waals surface area contributed by atoms with E-state index in [4.69, 9.17) is 0 Å². The van der Waals surface area contributed by atoms with E-state index in [1.54, 1.807) is 28.1 Å². The zero-order chi connectivity index (χ0) is 20.2. The summed E-state index contributed by atoms with van der Waals surface area (Å²) >= 11 is 0. The van der Waals surface area contributed by atoms with E-state index in [2.05, 4.69) is 19.8 Å². The second-order valence-corrected chi connectivity index (χ2v) is 7.14. The predicted molar refractivity (Wildman–Crippen MR) is 106 cm³/mol. The number of carbonyl (C=O) groups is 2. The molecule has 152 valence electrons. The summed E-state index contributed by atoms with van der Waals surface area (Å²) in [5, 5.41) is 0. The molecule has 0 radical (unpaired) electrons. The largest absolute Gasteiger partial charge is 0.368 e. The van der Waals surface area contributed by atoms with Crippen molar-refractivity contribution in [1.82, 2.24) is 19.8 Å². The van der Waals surface area contributed by atoms with E-state index in [-0.39, 0.29) is 11.7 Å². The van der Waals surface area contributed by atoms with Gasteiger partial charge in [0.1, 0.15) is 17.3 Å². The van der Waals surface area contributed by atoms with Crippen LogP contribution in [0.1, 0.15) is 10.5 Å². The molecule has 2 fully saturated rings. The average molecular weight is 398 g/mol. The first kappa shape index (κ1) is 19.1. The number of carbonyl (C=O) groups excluding carboxylic acids is 2. The van der Waals surface area contributed by atoms with Crippen LogP contribution in [0.3, 0.4) is 0 Å². The molecule has 0 bridgehead atoms. The van der Waals surface area contributed by atoms with Crippen LogP contribution in [0.4, 0.5) is 15.9 Å². The van der Waals surface area contributed by atoms with Crippen molar-refractivity contribution in [3.8, 4) is 0 Å². The van der Waals surface area contributed by atoms with E-state index < -0.39 is 0 Å². The Bertz CT molecular complexity index is 844. The minimum atomic E-state index is -0.254. The summed E-state index contributed by atoms with van der Waals surface area (Å²) in [5.74, 6) is 0.331. The van der Waals surface area contributed by atoms with Crippen LogP contribution in [-0.4, -0.2) is 84.4 Å². The Morgan fingerprint density at radius 1 is 0.862 bits per heavy atom. The first-order valence-electron chi connectivity index (χ1n) is 9.70. The molecule has 0 spiro atoms. The molecule has 3 heterocycles. The molecule has 0 N–H and O–H groups in total. The van der Waals surface area contributed by atoms with Crippen molar-refractivity contribution in [3.63, 3.8) is 0 Å². The zero-order valence-corrected chi connectivity index (χ0v) is 16.1. The Kier molecular flexibility index (Phi) is 5.55. The molecule has 1 aromatic carbocycles. The molecule has 2 aliphatic rings. The molecule has 0 unspecified atom stereocenters. The van der Waals surface area contributed by atoms with Gasteiger partial charge in [0.2, 0.25) is 6.41 Å². The highest BCUT2D eigenvalue weighted by Gasteiger charge is 2.24. The van der Waals surface area contributed by atoms with E-state index in [0.717, 1.165) is 12.1 Å². The fourth-order valence-corrected chi connectivity index (χ4v) is 3.63. The normalized spacial score (nSPS) is 17.4. The third kappa shape index (κ3) is 4.28. The van der Waals surface area contributed by atoms with Crippen LogP contribution in [0.5, 0.6) is 0 Å². The number of piperazine rings is 2. The first-order valence-corrected chi connectivity index (χ1v) is 9.70. The Morgan fingerprint density at radius 2 is 1.52 bits per heavy atom. The van der Waals surface area contributed by atoms with Gasteiger partial charge in [0, 0.05) is 58.0 Å². The third-order valence-corrected chi connectivity index (χ3v) is 5.40. The molecule has 9 heteroatoms.